The highest BCUT2D eigenvalue weighted by molar-refractivity contribution is 6.30. The van der Waals surface area contributed by atoms with Crippen LogP contribution in [0.25, 0.3) is 11.1 Å². The monoisotopic (exact) mass is 321 g/mol. The van der Waals surface area contributed by atoms with E-state index in [1.165, 1.54) is 11.1 Å². The van der Waals surface area contributed by atoms with Crippen LogP contribution >= 0.6 is 11.6 Å². The van der Waals surface area contributed by atoms with Crippen LogP contribution in [0.3, 0.4) is 0 Å². The number of rotatable bonds is 5. The van der Waals surface area contributed by atoms with Gasteiger partial charge in [-0.1, -0.05) is 77.4 Å². The van der Waals surface area contributed by atoms with Crippen molar-refractivity contribution in [3.63, 3.8) is 0 Å². The first-order valence-electron chi connectivity index (χ1n) is 7.36. The molecule has 0 saturated carbocycles. The Bertz CT molecular complexity index is 800. The molecular formula is C20H16ClNO. The van der Waals surface area contributed by atoms with E-state index in [2.05, 4.69) is 29.4 Å². The van der Waals surface area contributed by atoms with Crippen molar-refractivity contribution in [1.82, 2.24) is 0 Å². The Hall–Kier alpha value is -2.58. The molecule has 0 aliphatic rings. The Morgan fingerprint density at radius 3 is 2.43 bits per heavy atom. The van der Waals surface area contributed by atoms with Gasteiger partial charge in [-0.3, -0.25) is 0 Å². The topological polar surface area (TPSA) is 21.6 Å². The van der Waals surface area contributed by atoms with E-state index in [1.54, 1.807) is 6.21 Å². The van der Waals surface area contributed by atoms with Crippen molar-refractivity contribution in [3.05, 3.63) is 95.0 Å². The van der Waals surface area contributed by atoms with Gasteiger partial charge in [-0.2, -0.15) is 0 Å². The quantitative estimate of drug-likeness (QED) is 0.445. The summed E-state index contributed by atoms with van der Waals surface area (Å²) < 4.78 is 0. The maximum absolute atomic E-state index is 5.93. The fourth-order valence-corrected chi connectivity index (χ4v) is 2.47. The summed E-state index contributed by atoms with van der Waals surface area (Å²) in [7, 11) is 0. The fourth-order valence-electron chi connectivity index (χ4n) is 2.27. The highest BCUT2D eigenvalue weighted by Crippen LogP contribution is 2.20. The molecule has 3 rings (SSSR count). The Balaban J connectivity index is 1.63. The van der Waals surface area contributed by atoms with Crippen LogP contribution in [0, 0.1) is 0 Å². The first kappa shape index (κ1) is 15.3. The lowest BCUT2D eigenvalue weighted by Gasteiger charge is -2.05. The van der Waals surface area contributed by atoms with Crippen molar-refractivity contribution in [2.75, 3.05) is 0 Å². The summed E-state index contributed by atoms with van der Waals surface area (Å²) >= 11 is 5.93. The van der Waals surface area contributed by atoms with Crippen LogP contribution in [0.4, 0.5) is 0 Å². The van der Waals surface area contributed by atoms with E-state index in [9.17, 15) is 0 Å². The summed E-state index contributed by atoms with van der Waals surface area (Å²) in [5.74, 6) is 0. The molecule has 0 spiro atoms. The normalized spacial score (nSPS) is 10.8. The van der Waals surface area contributed by atoms with Crippen LogP contribution in [0.15, 0.2) is 84.0 Å². The van der Waals surface area contributed by atoms with Crippen molar-refractivity contribution in [2.45, 2.75) is 6.61 Å². The molecule has 0 aromatic heterocycles. The molecule has 0 aliphatic heterocycles. The molecule has 2 nitrogen and oxygen atoms in total. The zero-order valence-corrected chi connectivity index (χ0v) is 13.3. The molecule has 114 valence electrons. The van der Waals surface area contributed by atoms with Crippen LogP contribution in [0.1, 0.15) is 11.1 Å². The Morgan fingerprint density at radius 2 is 1.61 bits per heavy atom. The summed E-state index contributed by atoms with van der Waals surface area (Å²) in [6.45, 7) is 0.428. The molecule has 3 aromatic carbocycles. The first-order valence-corrected chi connectivity index (χ1v) is 7.74. The Morgan fingerprint density at radius 1 is 0.826 bits per heavy atom. The van der Waals surface area contributed by atoms with E-state index in [0.29, 0.717) is 11.6 Å². The van der Waals surface area contributed by atoms with Gasteiger partial charge < -0.3 is 4.84 Å². The number of oxime groups is 1. The van der Waals surface area contributed by atoms with Crippen LogP contribution in [0.5, 0.6) is 0 Å². The molecule has 0 bridgehead atoms. The average Bonchev–Trinajstić information content (AvgIpc) is 2.60. The van der Waals surface area contributed by atoms with Gasteiger partial charge >= 0.3 is 0 Å². The second-order valence-electron chi connectivity index (χ2n) is 5.13. The minimum atomic E-state index is 0.428. The highest BCUT2D eigenvalue weighted by atomic mass is 35.5. The first-order chi connectivity index (χ1) is 11.3. The van der Waals surface area contributed by atoms with Gasteiger partial charge in [0.1, 0.15) is 6.61 Å². The number of hydrogen-bond acceptors (Lipinski definition) is 2. The summed E-state index contributed by atoms with van der Waals surface area (Å²) in [6.07, 6.45) is 1.66. The molecule has 0 amide bonds. The Labute approximate surface area is 141 Å². The van der Waals surface area contributed by atoms with Crippen LogP contribution < -0.4 is 0 Å². The van der Waals surface area contributed by atoms with Crippen LogP contribution in [-0.2, 0) is 11.4 Å². The second-order valence-corrected chi connectivity index (χ2v) is 5.57. The number of halogens is 1. The molecule has 3 heteroatoms. The molecule has 3 aromatic rings. The number of hydrogen-bond donors (Lipinski definition) is 0. The largest absolute Gasteiger partial charge is 0.391 e. The molecule has 0 aliphatic carbocycles. The summed E-state index contributed by atoms with van der Waals surface area (Å²) in [5, 5.41) is 4.68. The molecule has 0 heterocycles. The lowest BCUT2D eigenvalue weighted by molar-refractivity contribution is 0.132. The minimum absolute atomic E-state index is 0.428. The SMILES string of the molecule is Clc1cccc(C=NOCc2cccc(-c3ccccc3)c2)c1. The van der Waals surface area contributed by atoms with E-state index >= 15 is 0 Å². The van der Waals surface area contributed by atoms with Gasteiger partial charge in [-0.05, 0) is 40.5 Å². The maximum Gasteiger partial charge on any atom is 0.142 e. The lowest BCUT2D eigenvalue weighted by atomic mass is 10.0. The third kappa shape index (κ3) is 4.44. The third-order valence-electron chi connectivity index (χ3n) is 3.39. The van der Waals surface area contributed by atoms with Gasteiger partial charge in [0.15, 0.2) is 0 Å². The van der Waals surface area contributed by atoms with E-state index in [-0.39, 0.29) is 0 Å². The van der Waals surface area contributed by atoms with Crippen molar-refractivity contribution in [3.8, 4) is 11.1 Å². The van der Waals surface area contributed by atoms with Gasteiger partial charge in [0.05, 0.1) is 6.21 Å². The van der Waals surface area contributed by atoms with Gasteiger partial charge in [-0.15, -0.1) is 0 Å². The smallest absolute Gasteiger partial charge is 0.142 e. The van der Waals surface area contributed by atoms with E-state index in [4.69, 9.17) is 16.4 Å². The van der Waals surface area contributed by atoms with Gasteiger partial charge in [-0.25, -0.2) is 0 Å². The van der Waals surface area contributed by atoms with Crippen molar-refractivity contribution >= 4 is 17.8 Å². The second kappa shape index (κ2) is 7.61. The average molecular weight is 322 g/mol. The predicted octanol–water partition coefficient (Wildman–Crippen LogP) is 5.56. The van der Waals surface area contributed by atoms with Crippen molar-refractivity contribution in [1.29, 1.82) is 0 Å². The molecule has 0 N–H and O–H groups in total. The minimum Gasteiger partial charge on any atom is -0.391 e. The number of nitrogens with zero attached hydrogens (tertiary/aromatic N) is 1. The van der Waals surface area contributed by atoms with Crippen molar-refractivity contribution < 1.29 is 4.84 Å². The third-order valence-corrected chi connectivity index (χ3v) is 3.63. The van der Waals surface area contributed by atoms with Gasteiger partial charge in [0.25, 0.3) is 0 Å². The van der Waals surface area contributed by atoms with E-state index < -0.39 is 0 Å². The predicted molar refractivity (Wildman–Crippen MR) is 95.7 cm³/mol. The molecule has 0 radical (unpaired) electrons. The summed E-state index contributed by atoms with van der Waals surface area (Å²) in [4.78, 5) is 5.38. The van der Waals surface area contributed by atoms with Crippen LogP contribution in [-0.4, -0.2) is 6.21 Å². The highest BCUT2D eigenvalue weighted by Gasteiger charge is 1.99. The Kier molecular flexibility index (Phi) is 5.07. The fraction of sp³-hybridized carbons (Fsp3) is 0.0500. The molecular weight excluding hydrogens is 306 g/mol. The van der Waals surface area contributed by atoms with Gasteiger partial charge in [0, 0.05) is 5.02 Å². The summed E-state index contributed by atoms with van der Waals surface area (Å²) in [5.41, 5.74) is 4.35. The number of benzene rings is 3. The zero-order valence-electron chi connectivity index (χ0n) is 12.5. The van der Waals surface area contributed by atoms with Crippen LogP contribution in [0.2, 0.25) is 5.02 Å². The standard InChI is InChI=1S/C20H16ClNO/c21-20-11-5-6-16(13-20)14-22-23-15-17-7-4-10-19(12-17)18-8-2-1-3-9-18/h1-14H,15H2. The van der Waals surface area contributed by atoms with E-state index in [1.807, 2.05) is 54.6 Å². The molecule has 23 heavy (non-hydrogen) atoms. The van der Waals surface area contributed by atoms with E-state index in [0.717, 1.165) is 11.1 Å². The lowest BCUT2D eigenvalue weighted by Crippen LogP contribution is -1.89. The summed E-state index contributed by atoms with van der Waals surface area (Å²) in [6, 6.07) is 26.0. The molecule has 0 fully saturated rings. The molecule has 0 atom stereocenters. The maximum atomic E-state index is 5.93. The van der Waals surface area contributed by atoms with Gasteiger partial charge in [0.2, 0.25) is 0 Å². The molecule has 0 saturated heterocycles. The van der Waals surface area contributed by atoms with Crippen molar-refractivity contribution in [2.24, 2.45) is 5.16 Å². The zero-order chi connectivity index (χ0) is 15.9. The molecule has 0 unspecified atom stereocenters.